The van der Waals surface area contributed by atoms with Crippen LogP contribution in [-0.4, -0.2) is 55.8 Å². The van der Waals surface area contributed by atoms with Crippen LogP contribution in [0, 0.1) is 0 Å². The molecule has 6 heteroatoms. The second-order valence-electron chi connectivity index (χ2n) is 7.53. The van der Waals surface area contributed by atoms with Crippen LogP contribution in [0.4, 0.5) is 0 Å². The summed E-state index contributed by atoms with van der Waals surface area (Å²) in [4.78, 5) is 17.3. The third-order valence-corrected chi connectivity index (χ3v) is 6.84. The summed E-state index contributed by atoms with van der Waals surface area (Å²) < 4.78 is 11.2. The van der Waals surface area contributed by atoms with Crippen LogP contribution in [0.3, 0.4) is 0 Å². The van der Waals surface area contributed by atoms with Crippen LogP contribution in [-0.2, 0) is 9.47 Å². The molecule has 1 amide bonds. The summed E-state index contributed by atoms with van der Waals surface area (Å²) in [5.41, 5.74) is -0.0670. The van der Waals surface area contributed by atoms with Gasteiger partial charge in [0.15, 0.2) is 0 Å². The molecule has 0 spiro atoms. The minimum atomic E-state index is -0.0670. The zero-order valence-electron chi connectivity index (χ0n) is 14.8. The Morgan fingerprint density at radius 3 is 2.72 bits per heavy atom. The Bertz CT molecular complexity index is 585. The maximum atomic E-state index is 12.9. The lowest BCUT2D eigenvalue weighted by molar-refractivity contribution is 0.0238. The van der Waals surface area contributed by atoms with Crippen LogP contribution in [0.5, 0.6) is 0 Å². The first-order chi connectivity index (χ1) is 12.2. The first kappa shape index (κ1) is 17.5. The van der Waals surface area contributed by atoms with Crippen molar-refractivity contribution in [3.63, 3.8) is 0 Å². The van der Waals surface area contributed by atoms with Gasteiger partial charge in [-0.05, 0) is 37.8 Å². The fourth-order valence-electron chi connectivity index (χ4n) is 4.31. The molecule has 3 fully saturated rings. The van der Waals surface area contributed by atoms with E-state index in [4.69, 9.17) is 9.47 Å². The molecule has 0 aromatic carbocycles. The average Bonchev–Trinajstić information content (AvgIpc) is 3.37. The molecule has 1 aromatic heterocycles. The van der Waals surface area contributed by atoms with E-state index < -0.39 is 0 Å². The lowest BCUT2D eigenvalue weighted by Crippen LogP contribution is -2.55. The molecule has 5 nitrogen and oxygen atoms in total. The molecule has 1 saturated carbocycles. The van der Waals surface area contributed by atoms with Gasteiger partial charge in [-0.1, -0.05) is 12.8 Å². The van der Waals surface area contributed by atoms with Crippen molar-refractivity contribution >= 4 is 17.2 Å². The average molecular weight is 365 g/mol. The van der Waals surface area contributed by atoms with Crippen LogP contribution in [0.1, 0.15) is 59.2 Å². The van der Waals surface area contributed by atoms with Gasteiger partial charge in [-0.3, -0.25) is 9.69 Å². The molecule has 2 aliphatic heterocycles. The van der Waals surface area contributed by atoms with Crippen molar-refractivity contribution in [2.45, 2.75) is 50.2 Å². The van der Waals surface area contributed by atoms with E-state index in [2.05, 4.69) is 16.3 Å². The number of thiophene rings is 1. The summed E-state index contributed by atoms with van der Waals surface area (Å²) in [6.07, 6.45) is 6.96. The highest BCUT2D eigenvalue weighted by atomic mass is 32.1. The van der Waals surface area contributed by atoms with E-state index in [-0.39, 0.29) is 17.6 Å². The molecule has 1 atom stereocenters. The van der Waals surface area contributed by atoms with Gasteiger partial charge in [0.2, 0.25) is 0 Å². The van der Waals surface area contributed by atoms with Crippen molar-refractivity contribution in [2.24, 2.45) is 0 Å². The number of nitrogens with zero attached hydrogens (tertiary/aromatic N) is 1. The third kappa shape index (κ3) is 4.08. The number of hydrogen-bond donors (Lipinski definition) is 1. The maximum Gasteiger partial charge on any atom is 0.261 e. The first-order valence-electron chi connectivity index (χ1n) is 9.58. The monoisotopic (exact) mass is 364 g/mol. The van der Waals surface area contributed by atoms with Gasteiger partial charge in [-0.15, -0.1) is 11.3 Å². The predicted octanol–water partition coefficient (Wildman–Crippen LogP) is 2.97. The van der Waals surface area contributed by atoms with E-state index >= 15 is 0 Å². The first-order valence-corrected chi connectivity index (χ1v) is 10.4. The minimum absolute atomic E-state index is 0.0670. The molecule has 4 rings (SSSR count). The Morgan fingerprint density at radius 2 is 2.00 bits per heavy atom. The van der Waals surface area contributed by atoms with Crippen molar-refractivity contribution in [3.8, 4) is 0 Å². The maximum absolute atomic E-state index is 12.9. The zero-order valence-corrected chi connectivity index (χ0v) is 15.6. The number of carbonyl (C=O) groups excluding carboxylic acids is 1. The fraction of sp³-hybridized carbons (Fsp3) is 0.737. The number of ether oxygens (including phenoxy) is 2. The smallest absolute Gasteiger partial charge is 0.261 e. The van der Waals surface area contributed by atoms with Crippen LogP contribution >= 0.6 is 11.3 Å². The molecule has 2 saturated heterocycles. The SMILES string of the molecule is O=C(NC1(CN2CCOCC2)CCCC1)c1ccc(C2CCCO2)s1. The van der Waals surface area contributed by atoms with Crippen LogP contribution in [0.15, 0.2) is 12.1 Å². The number of amides is 1. The van der Waals surface area contributed by atoms with Crippen LogP contribution in [0.25, 0.3) is 0 Å². The molecule has 1 aliphatic carbocycles. The lowest BCUT2D eigenvalue weighted by atomic mass is 9.96. The topological polar surface area (TPSA) is 50.8 Å². The van der Waals surface area contributed by atoms with Crippen molar-refractivity contribution in [2.75, 3.05) is 39.5 Å². The number of rotatable bonds is 5. The van der Waals surface area contributed by atoms with Gasteiger partial charge >= 0.3 is 0 Å². The summed E-state index contributed by atoms with van der Waals surface area (Å²) in [6.45, 7) is 5.35. The summed E-state index contributed by atoms with van der Waals surface area (Å²) >= 11 is 1.60. The summed E-state index contributed by atoms with van der Waals surface area (Å²) in [5, 5.41) is 3.41. The van der Waals surface area contributed by atoms with Gasteiger partial charge in [0.25, 0.3) is 5.91 Å². The number of nitrogens with one attached hydrogen (secondary N) is 1. The van der Waals surface area contributed by atoms with Gasteiger partial charge in [-0.25, -0.2) is 0 Å². The van der Waals surface area contributed by atoms with Crippen LogP contribution < -0.4 is 5.32 Å². The number of carbonyl (C=O) groups is 1. The Labute approximate surface area is 153 Å². The highest BCUT2D eigenvalue weighted by Gasteiger charge is 2.37. The highest BCUT2D eigenvalue weighted by molar-refractivity contribution is 7.14. The van der Waals surface area contributed by atoms with Gasteiger partial charge in [0.1, 0.15) is 0 Å². The summed E-state index contributed by atoms with van der Waals surface area (Å²) in [5.74, 6) is 0.0874. The Morgan fingerprint density at radius 1 is 1.20 bits per heavy atom. The van der Waals surface area contributed by atoms with E-state index in [0.29, 0.717) is 0 Å². The Kier molecular flexibility index (Phi) is 5.41. The van der Waals surface area contributed by atoms with Crippen molar-refractivity contribution < 1.29 is 14.3 Å². The molecule has 25 heavy (non-hydrogen) atoms. The molecular weight excluding hydrogens is 336 g/mol. The molecule has 1 N–H and O–H groups in total. The predicted molar refractivity (Wildman–Crippen MR) is 98.2 cm³/mol. The van der Waals surface area contributed by atoms with Crippen molar-refractivity contribution in [3.05, 3.63) is 21.9 Å². The molecule has 0 radical (unpaired) electrons. The van der Waals surface area contributed by atoms with E-state index in [0.717, 1.165) is 70.0 Å². The highest BCUT2D eigenvalue weighted by Crippen LogP contribution is 2.35. The molecule has 1 unspecified atom stereocenters. The Balaban J connectivity index is 1.41. The zero-order chi connectivity index (χ0) is 17.1. The largest absolute Gasteiger partial charge is 0.379 e. The van der Waals surface area contributed by atoms with E-state index in [1.807, 2.05) is 6.07 Å². The second kappa shape index (κ2) is 7.74. The lowest BCUT2D eigenvalue weighted by Gasteiger charge is -2.37. The van der Waals surface area contributed by atoms with E-state index in [1.165, 1.54) is 17.7 Å². The van der Waals surface area contributed by atoms with E-state index in [9.17, 15) is 4.79 Å². The third-order valence-electron chi connectivity index (χ3n) is 5.67. The normalized spacial score (nSPS) is 26.8. The second-order valence-corrected chi connectivity index (χ2v) is 8.65. The van der Waals surface area contributed by atoms with Gasteiger partial charge < -0.3 is 14.8 Å². The van der Waals surface area contributed by atoms with E-state index in [1.54, 1.807) is 11.3 Å². The quantitative estimate of drug-likeness (QED) is 0.873. The van der Waals surface area contributed by atoms with Gasteiger partial charge in [-0.2, -0.15) is 0 Å². The van der Waals surface area contributed by atoms with Crippen LogP contribution in [0.2, 0.25) is 0 Å². The van der Waals surface area contributed by atoms with Gasteiger partial charge in [0, 0.05) is 31.1 Å². The minimum Gasteiger partial charge on any atom is -0.379 e. The summed E-state index contributed by atoms with van der Waals surface area (Å²) in [7, 11) is 0. The molecule has 1 aromatic rings. The summed E-state index contributed by atoms with van der Waals surface area (Å²) in [6, 6.07) is 4.03. The molecule has 3 heterocycles. The Hall–Kier alpha value is -0.950. The molecule has 138 valence electrons. The molecular formula is C19H28N2O3S. The molecule has 0 bridgehead atoms. The standard InChI is InChI=1S/C19H28N2O3S/c22-18(17-6-5-16(25-17)15-4-3-11-24-15)20-19(7-1-2-8-19)14-21-9-12-23-13-10-21/h5-6,15H,1-4,7-14H2,(H,20,22). The van der Waals surface area contributed by atoms with Crippen molar-refractivity contribution in [1.29, 1.82) is 0 Å². The number of hydrogen-bond acceptors (Lipinski definition) is 5. The van der Waals surface area contributed by atoms with Gasteiger partial charge in [0.05, 0.1) is 29.7 Å². The molecule has 3 aliphatic rings. The fourth-order valence-corrected chi connectivity index (χ4v) is 5.30. The van der Waals surface area contributed by atoms with Crippen molar-refractivity contribution in [1.82, 2.24) is 10.2 Å². The number of morpholine rings is 1.